The van der Waals surface area contributed by atoms with Crippen molar-refractivity contribution in [2.24, 2.45) is 0 Å². The smallest absolute Gasteiger partial charge is 0.219 e. The number of imidazole rings is 1. The first kappa shape index (κ1) is 17.1. The first-order valence-electron chi connectivity index (χ1n) is 8.43. The molecule has 0 aliphatic heterocycles. The average molecular weight is 375 g/mol. The number of hydrogen-bond acceptors (Lipinski definition) is 4. The predicted octanol–water partition coefficient (Wildman–Crippen LogP) is 5.20. The largest absolute Gasteiger partial charge is 0.493 e. The van der Waals surface area contributed by atoms with Crippen molar-refractivity contribution < 1.29 is 9.84 Å². The number of aromatic nitrogens is 3. The van der Waals surface area contributed by atoms with Gasteiger partial charge in [0.05, 0.1) is 5.69 Å². The fourth-order valence-electron chi connectivity index (χ4n) is 2.88. The summed E-state index contributed by atoms with van der Waals surface area (Å²) in [5.74, 6) is 2.15. The average Bonchev–Trinajstić information content (AvgIpc) is 2.93. The maximum Gasteiger partial charge on any atom is 0.219 e. The van der Waals surface area contributed by atoms with Gasteiger partial charge in [0.1, 0.15) is 17.3 Å². The van der Waals surface area contributed by atoms with E-state index < -0.39 is 0 Å². The zero-order chi connectivity index (χ0) is 18.8. The quantitative estimate of drug-likeness (QED) is 0.498. The summed E-state index contributed by atoms with van der Waals surface area (Å²) in [4.78, 5) is 4.28. The summed E-state index contributed by atoms with van der Waals surface area (Å²) in [5.41, 5.74) is 1.48. The first-order valence-corrected chi connectivity index (χ1v) is 8.84. The Morgan fingerprint density at radius 3 is 2.19 bits per heavy atom. The SMILES string of the molecule is Cc1c(O)n(-c2ccccn2)c(=S)n1-c1ccc(Oc2ccccc2)cc1. The summed E-state index contributed by atoms with van der Waals surface area (Å²) in [6.45, 7) is 1.82. The van der Waals surface area contributed by atoms with Crippen molar-refractivity contribution in [1.82, 2.24) is 14.1 Å². The third-order valence-electron chi connectivity index (χ3n) is 4.21. The molecule has 4 aromatic rings. The van der Waals surface area contributed by atoms with E-state index in [0.29, 0.717) is 16.3 Å². The van der Waals surface area contributed by atoms with Crippen LogP contribution in [0.3, 0.4) is 0 Å². The van der Waals surface area contributed by atoms with E-state index in [0.717, 1.165) is 17.2 Å². The highest BCUT2D eigenvalue weighted by atomic mass is 32.1. The van der Waals surface area contributed by atoms with E-state index in [-0.39, 0.29) is 5.88 Å². The molecule has 0 fully saturated rings. The van der Waals surface area contributed by atoms with Crippen LogP contribution in [0.4, 0.5) is 0 Å². The van der Waals surface area contributed by atoms with Crippen LogP contribution in [0.1, 0.15) is 5.69 Å². The number of aromatic hydroxyl groups is 1. The zero-order valence-electron chi connectivity index (χ0n) is 14.6. The van der Waals surface area contributed by atoms with Gasteiger partial charge in [0, 0.05) is 11.9 Å². The Balaban J connectivity index is 1.71. The minimum Gasteiger partial charge on any atom is -0.493 e. The monoisotopic (exact) mass is 375 g/mol. The Morgan fingerprint density at radius 1 is 0.852 bits per heavy atom. The molecule has 5 nitrogen and oxygen atoms in total. The van der Waals surface area contributed by atoms with Crippen molar-refractivity contribution in [2.45, 2.75) is 6.92 Å². The van der Waals surface area contributed by atoms with Gasteiger partial charge in [-0.2, -0.15) is 0 Å². The Labute approximate surface area is 161 Å². The Bertz CT molecular complexity index is 1120. The third-order valence-corrected chi connectivity index (χ3v) is 4.57. The van der Waals surface area contributed by atoms with Crippen molar-refractivity contribution in [3.05, 3.63) is 89.5 Å². The molecular weight excluding hydrogens is 358 g/mol. The van der Waals surface area contributed by atoms with Gasteiger partial charge >= 0.3 is 0 Å². The molecule has 0 spiro atoms. The molecular formula is C21H17N3O2S. The molecule has 6 heteroatoms. The van der Waals surface area contributed by atoms with Crippen molar-refractivity contribution in [3.8, 4) is 28.9 Å². The van der Waals surface area contributed by atoms with E-state index in [2.05, 4.69) is 4.98 Å². The molecule has 0 saturated heterocycles. The summed E-state index contributed by atoms with van der Waals surface area (Å²) in [6, 6.07) is 22.6. The number of hydrogen-bond donors (Lipinski definition) is 1. The maximum atomic E-state index is 10.6. The fraction of sp³-hybridized carbons (Fsp3) is 0.0476. The molecule has 0 aliphatic rings. The second-order valence-electron chi connectivity index (χ2n) is 5.96. The molecule has 0 atom stereocenters. The molecule has 27 heavy (non-hydrogen) atoms. The van der Waals surface area contributed by atoms with Gasteiger partial charge in [0.25, 0.3) is 0 Å². The van der Waals surface area contributed by atoms with Crippen LogP contribution in [0.15, 0.2) is 79.0 Å². The summed E-state index contributed by atoms with van der Waals surface area (Å²) < 4.78 is 9.64. The highest BCUT2D eigenvalue weighted by Gasteiger charge is 2.16. The molecule has 1 N–H and O–H groups in total. The lowest BCUT2D eigenvalue weighted by Crippen LogP contribution is -2.00. The summed E-state index contributed by atoms with van der Waals surface area (Å²) in [5, 5.41) is 10.6. The lowest BCUT2D eigenvalue weighted by Gasteiger charge is -2.08. The zero-order valence-corrected chi connectivity index (χ0v) is 15.4. The van der Waals surface area contributed by atoms with Crippen molar-refractivity contribution in [3.63, 3.8) is 0 Å². The summed E-state index contributed by atoms with van der Waals surface area (Å²) in [6.07, 6.45) is 1.67. The number of benzene rings is 2. The molecule has 0 radical (unpaired) electrons. The van der Waals surface area contributed by atoms with Crippen LogP contribution in [0.2, 0.25) is 0 Å². The lowest BCUT2D eigenvalue weighted by molar-refractivity contribution is 0.436. The summed E-state index contributed by atoms with van der Waals surface area (Å²) >= 11 is 5.60. The molecule has 134 valence electrons. The molecule has 0 saturated carbocycles. The molecule has 0 bridgehead atoms. The molecule has 2 aromatic heterocycles. The maximum absolute atomic E-state index is 10.6. The van der Waals surface area contributed by atoms with E-state index in [4.69, 9.17) is 17.0 Å². The fourth-order valence-corrected chi connectivity index (χ4v) is 3.30. The normalized spacial score (nSPS) is 10.7. The molecule has 4 rings (SSSR count). The van der Waals surface area contributed by atoms with Gasteiger partial charge in [-0.1, -0.05) is 24.3 Å². The molecule has 0 aliphatic carbocycles. The standard InChI is InChI=1S/C21H17N3O2S/c1-15-20(25)24(19-9-5-6-14-22-19)21(27)23(15)16-10-12-18(13-11-16)26-17-7-3-2-4-8-17/h2-14,25H,1H3. The van der Waals surface area contributed by atoms with Crippen LogP contribution in [0.25, 0.3) is 11.5 Å². The Morgan fingerprint density at radius 2 is 1.52 bits per heavy atom. The van der Waals surface area contributed by atoms with Crippen LogP contribution in [0.5, 0.6) is 17.4 Å². The van der Waals surface area contributed by atoms with Crippen molar-refractivity contribution in [2.75, 3.05) is 0 Å². The number of para-hydroxylation sites is 1. The highest BCUT2D eigenvalue weighted by molar-refractivity contribution is 7.71. The van der Waals surface area contributed by atoms with Gasteiger partial charge in [-0.15, -0.1) is 0 Å². The van der Waals surface area contributed by atoms with Crippen LogP contribution < -0.4 is 4.74 Å². The molecule has 2 heterocycles. The van der Waals surface area contributed by atoms with Gasteiger partial charge in [0.2, 0.25) is 5.88 Å². The minimum atomic E-state index is 0.0725. The molecule has 0 amide bonds. The van der Waals surface area contributed by atoms with Gasteiger partial charge in [-0.25, -0.2) is 9.55 Å². The molecule has 2 aromatic carbocycles. The van der Waals surface area contributed by atoms with Gasteiger partial charge in [-0.3, -0.25) is 4.57 Å². The number of pyridine rings is 1. The van der Waals surface area contributed by atoms with E-state index in [1.807, 2.05) is 78.2 Å². The number of ether oxygens (including phenoxy) is 1. The Kier molecular flexibility index (Phi) is 4.48. The van der Waals surface area contributed by atoms with Crippen LogP contribution in [0, 0.1) is 11.7 Å². The number of nitrogens with zero attached hydrogens (tertiary/aromatic N) is 3. The van der Waals surface area contributed by atoms with Crippen molar-refractivity contribution >= 4 is 12.2 Å². The first-order chi connectivity index (χ1) is 13.1. The van der Waals surface area contributed by atoms with E-state index >= 15 is 0 Å². The summed E-state index contributed by atoms with van der Waals surface area (Å²) in [7, 11) is 0. The third kappa shape index (κ3) is 3.22. The van der Waals surface area contributed by atoms with Crippen LogP contribution in [-0.2, 0) is 0 Å². The van der Waals surface area contributed by atoms with Crippen LogP contribution >= 0.6 is 12.2 Å². The van der Waals surface area contributed by atoms with Crippen molar-refractivity contribution in [1.29, 1.82) is 0 Å². The van der Waals surface area contributed by atoms with E-state index in [9.17, 15) is 5.11 Å². The van der Waals surface area contributed by atoms with Gasteiger partial charge in [0.15, 0.2) is 4.77 Å². The number of rotatable bonds is 4. The van der Waals surface area contributed by atoms with Gasteiger partial charge in [-0.05, 0) is 67.7 Å². The predicted molar refractivity (Wildman–Crippen MR) is 107 cm³/mol. The highest BCUT2D eigenvalue weighted by Crippen LogP contribution is 2.28. The lowest BCUT2D eigenvalue weighted by atomic mass is 10.3. The minimum absolute atomic E-state index is 0.0725. The molecule has 0 unspecified atom stereocenters. The topological polar surface area (TPSA) is 52.2 Å². The van der Waals surface area contributed by atoms with Crippen LogP contribution in [-0.4, -0.2) is 19.2 Å². The van der Waals surface area contributed by atoms with E-state index in [1.165, 1.54) is 0 Å². The Hall–Kier alpha value is -3.38. The second-order valence-corrected chi connectivity index (χ2v) is 6.32. The second kappa shape index (κ2) is 7.09. The van der Waals surface area contributed by atoms with E-state index in [1.54, 1.807) is 16.8 Å². The van der Waals surface area contributed by atoms with Gasteiger partial charge < -0.3 is 9.84 Å².